The Morgan fingerprint density at radius 3 is 2.35 bits per heavy atom. The Kier molecular flexibility index (Phi) is 6.89. The van der Waals surface area contributed by atoms with E-state index < -0.39 is 0 Å². The number of hydrogen-bond donors (Lipinski definition) is 1. The Morgan fingerprint density at radius 2 is 1.74 bits per heavy atom. The van der Waals surface area contributed by atoms with E-state index in [0.29, 0.717) is 11.7 Å². The molecule has 0 aliphatic rings. The molecule has 4 heteroatoms. The molecule has 0 spiro atoms. The van der Waals surface area contributed by atoms with Gasteiger partial charge in [-0.15, -0.1) is 0 Å². The lowest BCUT2D eigenvalue weighted by atomic mass is 9.97. The molecule has 0 heterocycles. The van der Waals surface area contributed by atoms with Crippen molar-refractivity contribution in [1.82, 2.24) is 5.32 Å². The van der Waals surface area contributed by atoms with Crippen LogP contribution in [0.3, 0.4) is 0 Å². The molecule has 0 saturated heterocycles. The SMILES string of the molecule is CC(C)CC(NC(=O)COc1ccc(I)cc1)c1ccccc1. The molecule has 0 saturated carbocycles. The second kappa shape index (κ2) is 8.91. The van der Waals surface area contributed by atoms with Crippen molar-refractivity contribution in [2.24, 2.45) is 5.92 Å². The van der Waals surface area contributed by atoms with Crippen LogP contribution in [0.2, 0.25) is 0 Å². The zero-order chi connectivity index (χ0) is 16.7. The van der Waals surface area contributed by atoms with Gasteiger partial charge in [-0.25, -0.2) is 0 Å². The lowest BCUT2D eigenvalue weighted by molar-refractivity contribution is -0.124. The van der Waals surface area contributed by atoms with E-state index in [-0.39, 0.29) is 18.6 Å². The molecule has 1 amide bonds. The van der Waals surface area contributed by atoms with Crippen LogP contribution >= 0.6 is 22.6 Å². The fourth-order valence-electron chi connectivity index (χ4n) is 2.35. The first kappa shape index (κ1) is 17.8. The molecule has 2 rings (SSSR count). The van der Waals surface area contributed by atoms with Gasteiger partial charge in [-0.1, -0.05) is 44.2 Å². The highest BCUT2D eigenvalue weighted by atomic mass is 127. The molecule has 3 nitrogen and oxygen atoms in total. The Bertz CT molecular complexity index is 611. The van der Waals surface area contributed by atoms with Crippen molar-refractivity contribution in [1.29, 1.82) is 0 Å². The molecule has 2 aromatic rings. The van der Waals surface area contributed by atoms with Crippen molar-refractivity contribution in [3.05, 3.63) is 63.7 Å². The second-order valence-electron chi connectivity index (χ2n) is 5.90. The minimum atomic E-state index is -0.0990. The molecule has 1 unspecified atom stereocenters. The summed E-state index contributed by atoms with van der Waals surface area (Å²) in [6.07, 6.45) is 0.902. The number of amides is 1. The average molecular weight is 423 g/mol. The standard InChI is InChI=1S/C19H22INO2/c1-14(2)12-18(15-6-4-3-5-7-15)21-19(22)13-23-17-10-8-16(20)9-11-17/h3-11,14,18H,12-13H2,1-2H3,(H,21,22). The molecule has 0 aliphatic carbocycles. The van der Waals surface area contributed by atoms with E-state index in [1.165, 1.54) is 0 Å². The van der Waals surface area contributed by atoms with Crippen LogP contribution in [-0.2, 0) is 4.79 Å². The molecular weight excluding hydrogens is 401 g/mol. The smallest absolute Gasteiger partial charge is 0.258 e. The van der Waals surface area contributed by atoms with Crippen LogP contribution in [0, 0.1) is 9.49 Å². The lowest BCUT2D eigenvalue weighted by Gasteiger charge is -2.21. The lowest BCUT2D eigenvalue weighted by Crippen LogP contribution is -2.33. The number of hydrogen-bond acceptors (Lipinski definition) is 2. The highest BCUT2D eigenvalue weighted by molar-refractivity contribution is 14.1. The van der Waals surface area contributed by atoms with Crippen LogP contribution < -0.4 is 10.1 Å². The normalized spacial score (nSPS) is 12.0. The first-order valence-electron chi connectivity index (χ1n) is 7.77. The van der Waals surface area contributed by atoms with E-state index in [0.717, 1.165) is 15.6 Å². The minimum absolute atomic E-state index is 0.0176. The Labute approximate surface area is 151 Å². The number of halogens is 1. The topological polar surface area (TPSA) is 38.3 Å². The maximum absolute atomic E-state index is 12.2. The summed E-state index contributed by atoms with van der Waals surface area (Å²) in [6.45, 7) is 4.34. The van der Waals surface area contributed by atoms with Crippen LogP contribution in [0.5, 0.6) is 5.75 Å². The summed E-state index contributed by atoms with van der Waals surface area (Å²) in [5, 5.41) is 3.08. The predicted octanol–water partition coefficient (Wildman–Crippen LogP) is 4.57. The highest BCUT2D eigenvalue weighted by Gasteiger charge is 2.16. The van der Waals surface area contributed by atoms with Crippen LogP contribution in [0.4, 0.5) is 0 Å². The second-order valence-corrected chi connectivity index (χ2v) is 7.15. The molecule has 0 bridgehead atoms. The van der Waals surface area contributed by atoms with Gasteiger partial charge >= 0.3 is 0 Å². The fourth-order valence-corrected chi connectivity index (χ4v) is 2.71. The minimum Gasteiger partial charge on any atom is -0.484 e. The molecular formula is C19H22INO2. The van der Waals surface area contributed by atoms with Gasteiger partial charge in [0.15, 0.2) is 6.61 Å². The molecule has 0 radical (unpaired) electrons. The number of carbonyl (C=O) groups is 1. The third kappa shape index (κ3) is 6.22. The molecule has 0 aromatic heterocycles. The molecule has 1 atom stereocenters. The number of benzene rings is 2. The van der Waals surface area contributed by atoms with Crippen LogP contribution in [-0.4, -0.2) is 12.5 Å². The van der Waals surface area contributed by atoms with Gasteiger partial charge in [-0.3, -0.25) is 4.79 Å². The fraction of sp³-hybridized carbons (Fsp3) is 0.316. The third-order valence-electron chi connectivity index (χ3n) is 3.43. The summed E-state index contributed by atoms with van der Waals surface area (Å²) in [4.78, 5) is 12.2. The van der Waals surface area contributed by atoms with E-state index in [9.17, 15) is 4.79 Å². The Morgan fingerprint density at radius 1 is 1.09 bits per heavy atom. The van der Waals surface area contributed by atoms with Gasteiger partial charge in [0.05, 0.1) is 6.04 Å². The van der Waals surface area contributed by atoms with Gasteiger partial charge in [0, 0.05) is 3.57 Å². The quantitative estimate of drug-likeness (QED) is 0.663. The average Bonchev–Trinajstić information content (AvgIpc) is 2.54. The molecule has 2 aromatic carbocycles. The van der Waals surface area contributed by atoms with E-state index in [4.69, 9.17) is 4.74 Å². The van der Waals surface area contributed by atoms with Gasteiger partial charge in [0.2, 0.25) is 0 Å². The molecule has 0 aliphatic heterocycles. The molecule has 0 fully saturated rings. The van der Waals surface area contributed by atoms with Crippen LogP contribution in [0.15, 0.2) is 54.6 Å². The Balaban J connectivity index is 1.93. The highest BCUT2D eigenvalue weighted by Crippen LogP contribution is 2.21. The van der Waals surface area contributed by atoms with E-state index in [1.54, 1.807) is 0 Å². The molecule has 1 N–H and O–H groups in total. The summed E-state index contributed by atoms with van der Waals surface area (Å²) in [7, 11) is 0. The largest absolute Gasteiger partial charge is 0.484 e. The summed E-state index contributed by atoms with van der Waals surface area (Å²) in [5.74, 6) is 1.11. The van der Waals surface area contributed by atoms with E-state index in [2.05, 4.69) is 41.8 Å². The van der Waals surface area contributed by atoms with Crippen molar-refractivity contribution in [3.8, 4) is 5.75 Å². The third-order valence-corrected chi connectivity index (χ3v) is 4.15. The van der Waals surface area contributed by atoms with E-state index in [1.807, 2.05) is 54.6 Å². The zero-order valence-corrected chi connectivity index (χ0v) is 15.6. The summed E-state index contributed by atoms with van der Waals surface area (Å²) in [6, 6.07) is 17.8. The maximum Gasteiger partial charge on any atom is 0.258 e. The van der Waals surface area contributed by atoms with Gasteiger partial charge in [0.1, 0.15) is 5.75 Å². The monoisotopic (exact) mass is 423 g/mol. The predicted molar refractivity (Wildman–Crippen MR) is 101 cm³/mol. The van der Waals surface area contributed by atoms with Crippen LogP contribution in [0.1, 0.15) is 31.9 Å². The Hall–Kier alpha value is -1.56. The van der Waals surface area contributed by atoms with Crippen molar-refractivity contribution in [2.45, 2.75) is 26.3 Å². The van der Waals surface area contributed by atoms with Gasteiger partial charge in [-0.05, 0) is 64.8 Å². The maximum atomic E-state index is 12.2. The number of nitrogens with one attached hydrogen (secondary N) is 1. The van der Waals surface area contributed by atoms with Crippen molar-refractivity contribution < 1.29 is 9.53 Å². The number of rotatable bonds is 7. The van der Waals surface area contributed by atoms with Gasteiger partial charge in [0.25, 0.3) is 5.91 Å². The van der Waals surface area contributed by atoms with Gasteiger partial charge in [-0.2, -0.15) is 0 Å². The summed E-state index contributed by atoms with van der Waals surface area (Å²) >= 11 is 2.24. The van der Waals surface area contributed by atoms with Gasteiger partial charge < -0.3 is 10.1 Å². The zero-order valence-electron chi connectivity index (χ0n) is 13.5. The van der Waals surface area contributed by atoms with Crippen molar-refractivity contribution in [3.63, 3.8) is 0 Å². The molecule has 122 valence electrons. The summed E-state index contributed by atoms with van der Waals surface area (Å²) in [5.41, 5.74) is 1.13. The van der Waals surface area contributed by atoms with Crippen LogP contribution in [0.25, 0.3) is 0 Å². The summed E-state index contributed by atoms with van der Waals surface area (Å²) < 4.78 is 6.69. The first-order chi connectivity index (χ1) is 11.0. The van der Waals surface area contributed by atoms with Crippen molar-refractivity contribution in [2.75, 3.05) is 6.61 Å². The van der Waals surface area contributed by atoms with Crippen molar-refractivity contribution >= 4 is 28.5 Å². The first-order valence-corrected chi connectivity index (χ1v) is 8.85. The molecule has 23 heavy (non-hydrogen) atoms. The number of ether oxygens (including phenoxy) is 1. The number of carbonyl (C=O) groups excluding carboxylic acids is 1. The van der Waals surface area contributed by atoms with E-state index >= 15 is 0 Å².